The Morgan fingerprint density at radius 2 is 2.29 bits per heavy atom. The molecule has 3 N–H and O–H groups in total. The van der Waals surface area contributed by atoms with Crippen molar-refractivity contribution in [1.29, 1.82) is 0 Å². The maximum atomic E-state index is 11.8. The van der Waals surface area contributed by atoms with Gasteiger partial charge >= 0.3 is 0 Å². The maximum Gasteiger partial charge on any atom is 0.240 e. The van der Waals surface area contributed by atoms with Gasteiger partial charge in [0.25, 0.3) is 0 Å². The monoisotopic (exact) mass is 199 g/mol. The van der Waals surface area contributed by atoms with Crippen LogP contribution in [0.4, 0.5) is 0 Å². The number of primary amides is 1. The second kappa shape index (κ2) is 4.95. The topological polar surface area (TPSA) is 75.4 Å². The normalized spacial score (nSPS) is 20.8. The summed E-state index contributed by atoms with van der Waals surface area (Å²) in [6.45, 7) is 3.27. The highest BCUT2D eigenvalue weighted by Crippen LogP contribution is 2.08. The van der Waals surface area contributed by atoms with Gasteiger partial charge in [0.1, 0.15) is 0 Å². The molecule has 0 radical (unpaired) electrons. The number of carbonyl (C=O) groups is 2. The van der Waals surface area contributed by atoms with Gasteiger partial charge in [-0.25, -0.2) is 0 Å². The fourth-order valence-corrected chi connectivity index (χ4v) is 1.65. The molecule has 1 aliphatic rings. The van der Waals surface area contributed by atoms with Crippen molar-refractivity contribution in [3.8, 4) is 0 Å². The Hall–Kier alpha value is -1.10. The summed E-state index contributed by atoms with van der Waals surface area (Å²) in [4.78, 5) is 24.0. The number of rotatable bonds is 4. The van der Waals surface area contributed by atoms with E-state index in [0.717, 1.165) is 19.4 Å². The minimum Gasteiger partial charge on any atom is -0.368 e. The molecule has 0 bridgehead atoms. The Balaban J connectivity index is 2.50. The van der Waals surface area contributed by atoms with Crippen molar-refractivity contribution >= 4 is 11.8 Å². The lowest BCUT2D eigenvalue weighted by Crippen LogP contribution is -2.46. The second-order valence-corrected chi connectivity index (χ2v) is 3.47. The Morgan fingerprint density at radius 3 is 2.71 bits per heavy atom. The van der Waals surface area contributed by atoms with Crippen molar-refractivity contribution in [3.63, 3.8) is 0 Å². The van der Waals surface area contributed by atoms with Crippen LogP contribution in [0.1, 0.15) is 19.8 Å². The molecule has 1 saturated heterocycles. The Morgan fingerprint density at radius 1 is 1.57 bits per heavy atom. The van der Waals surface area contributed by atoms with Gasteiger partial charge in [-0.1, -0.05) is 0 Å². The van der Waals surface area contributed by atoms with E-state index in [4.69, 9.17) is 5.73 Å². The van der Waals surface area contributed by atoms with Gasteiger partial charge < -0.3 is 16.0 Å². The number of likely N-dealkylation sites (N-methyl/N-ethyl adjacent to an activating group) is 1. The van der Waals surface area contributed by atoms with Crippen molar-refractivity contribution < 1.29 is 9.59 Å². The highest BCUT2D eigenvalue weighted by Gasteiger charge is 2.26. The molecule has 14 heavy (non-hydrogen) atoms. The van der Waals surface area contributed by atoms with Gasteiger partial charge in [0.2, 0.25) is 11.8 Å². The lowest BCUT2D eigenvalue weighted by Gasteiger charge is -2.22. The number of hydrogen-bond donors (Lipinski definition) is 2. The van der Waals surface area contributed by atoms with Crippen molar-refractivity contribution in [1.82, 2.24) is 10.2 Å². The number of carbonyl (C=O) groups excluding carboxylic acids is 2. The van der Waals surface area contributed by atoms with Crippen LogP contribution in [0.25, 0.3) is 0 Å². The third-order valence-corrected chi connectivity index (χ3v) is 2.40. The molecule has 1 rings (SSSR count). The first-order valence-corrected chi connectivity index (χ1v) is 4.95. The molecule has 1 fully saturated rings. The summed E-state index contributed by atoms with van der Waals surface area (Å²) in [6, 6.07) is -0.116. The van der Waals surface area contributed by atoms with Gasteiger partial charge in [0, 0.05) is 6.54 Å². The maximum absolute atomic E-state index is 11.8. The number of nitrogens with zero attached hydrogens (tertiary/aromatic N) is 1. The minimum absolute atomic E-state index is 0.0104. The predicted molar refractivity (Wildman–Crippen MR) is 52.5 cm³/mol. The van der Waals surface area contributed by atoms with Crippen molar-refractivity contribution in [2.24, 2.45) is 5.73 Å². The molecule has 0 aromatic carbocycles. The molecule has 0 unspecified atom stereocenters. The van der Waals surface area contributed by atoms with Crippen LogP contribution in [0.15, 0.2) is 0 Å². The first-order valence-electron chi connectivity index (χ1n) is 4.95. The molecule has 1 atom stereocenters. The van der Waals surface area contributed by atoms with E-state index in [-0.39, 0.29) is 18.5 Å². The molecule has 1 heterocycles. The average Bonchev–Trinajstić information content (AvgIpc) is 2.65. The Bertz CT molecular complexity index is 224. The van der Waals surface area contributed by atoms with Crippen molar-refractivity contribution in [3.05, 3.63) is 0 Å². The summed E-state index contributed by atoms with van der Waals surface area (Å²) in [5.41, 5.74) is 5.05. The van der Waals surface area contributed by atoms with E-state index in [1.807, 2.05) is 6.92 Å². The average molecular weight is 199 g/mol. The van der Waals surface area contributed by atoms with Gasteiger partial charge in [0.05, 0.1) is 12.6 Å². The molecule has 2 amide bonds. The van der Waals surface area contributed by atoms with Gasteiger partial charge in [0.15, 0.2) is 0 Å². The first-order chi connectivity index (χ1) is 6.65. The zero-order valence-electron chi connectivity index (χ0n) is 8.45. The van der Waals surface area contributed by atoms with Crippen LogP contribution in [0.2, 0.25) is 0 Å². The quantitative estimate of drug-likeness (QED) is 0.614. The number of amides is 2. The Labute approximate surface area is 83.6 Å². The largest absolute Gasteiger partial charge is 0.368 e. The molecule has 5 heteroatoms. The SMILES string of the molecule is CCN(CC(N)=O)C(=O)[C@@H]1CCCN1. The lowest BCUT2D eigenvalue weighted by molar-refractivity contribution is -0.136. The van der Waals surface area contributed by atoms with Crippen LogP contribution in [0.5, 0.6) is 0 Å². The zero-order chi connectivity index (χ0) is 10.6. The fourth-order valence-electron chi connectivity index (χ4n) is 1.65. The summed E-state index contributed by atoms with van der Waals surface area (Å²) in [5, 5.41) is 3.10. The highest BCUT2D eigenvalue weighted by atomic mass is 16.2. The summed E-state index contributed by atoms with van der Waals surface area (Å²) in [7, 11) is 0. The Kier molecular flexibility index (Phi) is 3.88. The van der Waals surface area contributed by atoms with Crippen molar-refractivity contribution in [2.45, 2.75) is 25.8 Å². The van der Waals surface area contributed by atoms with Crippen LogP contribution in [0.3, 0.4) is 0 Å². The van der Waals surface area contributed by atoms with Crippen LogP contribution in [-0.2, 0) is 9.59 Å². The van der Waals surface area contributed by atoms with E-state index in [1.165, 1.54) is 4.90 Å². The minimum atomic E-state index is -0.460. The third kappa shape index (κ3) is 2.70. The molecule has 80 valence electrons. The smallest absolute Gasteiger partial charge is 0.240 e. The van der Waals surface area contributed by atoms with E-state index in [9.17, 15) is 9.59 Å². The molecule has 0 aliphatic carbocycles. The number of hydrogen-bond acceptors (Lipinski definition) is 3. The van der Waals surface area contributed by atoms with Gasteiger partial charge in [-0.3, -0.25) is 9.59 Å². The van der Waals surface area contributed by atoms with Gasteiger partial charge in [-0.05, 0) is 26.3 Å². The van der Waals surface area contributed by atoms with E-state index >= 15 is 0 Å². The third-order valence-electron chi connectivity index (χ3n) is 2.40. The summed E-state index contributed by atoms with van der Waals surface area (Å²) in [5.74, 6) is -0.470. The van der Waals surface area contributed by atoms with Crippen LogP contribution in [-0.4, -0.2) is 42.4 Å². The van der Waals surface area contributed by atoms with Gasteiger partial charge in [-0.2, -0.15) is 0 Å². The predicted octanol–water partition coefficient (Wildman–Crippen LogP) is -0.928. The van der Waals surface area contributed by atoms with Crippen LogP contribution in [0, 0.1) is 0 Å². The molecule has 0 saturated carbocycles. The van der Waals surface area contributed by atoms with E-state index in [0.29, 0.717) is 6.54 Å². The van der Waals surface area contributed by atoms with Crippen molar-refractivity contribution in [2.75, 3.05) is 19.6 Å². The molecule has 1 aliphatic heterocycles. The molecule has 0 spiro atoms. The van der Waals surface area contributed by atoms with Gasteiger partial charge in [-0.15, -0.1) is 0 Å². The second-order valence-electron chi connectivity index (χ2n) is 3.47. The zero-order valence-corrected chi connectivity index (χ0v) is 8.45. The van der Waals surface area contributed by atoms with E-state index in [2.05, 4.69) is 5.32 Å². The number of nitrogens with two attached hydrogens (primary N) is 1. The fraction of sp³-hybridized carbons (Fsp3) is 0.778. The standard InChI is InChI=1S/C9H17N3O2/c1-2-12(6-8(10)13)9(14)7-4-3-5-11-7/h7,11H,2-6H2,1H3,(H2,10,13)/t7-/m0/s1. The molecular weight excluding hydrogens is 182 g/mol. The lowest BCUT2D eigenvalue weighted by atomic mass is 10.2. The van der Waals surface area contributed by atoms with Crippen LogP contribution < -0.4 is 11.1 Å². The molecule has 0 aromatic rings. The molecular formula is C9H17N3O2. The van der Waals surface area contributed by atoms with Crippen LogP contribution >= 0.6 is 0 Å². The summed E-state index contributed by atoms with van der Waals surface area (Å²) >= 11 is 0. The molecule has 5 nitrogen and oxygen atoms in total. The molecule has 0 aromatic heterocycles. The highest BCUT2D eigenvalue weighted by molar-refractivity contribution is 5.87. The van der Waals surface area contributed by atoms with E-state index < -0.39 is 5.91 Å². The summed E-state index contributed by atoms with van der Waals surface area (Å²) in [6.07, 6.45) is 1.87. The summed E-state index contributed by atoms with van der Waals surface area (Å²) < 4.78 is 0. The number of nitrogens with one attached hydrogen (secondary N) is 1. The van der Waals surface area contributed by atoms with E-state index in [1.54, 1.807) is 0 Å². The first kappa shape index (κ1) is 11.0.